The van der Waals surface area contributed by atoms with Gasteiger partial charge in [0, 0.05) is 10.0 Å². The maximum atomic E-state index is 12.7. The molecule has 2 N–H and O–H groups in total. The van der Waals surface area contributed by atoms with Crippen molar-refractivity contribution in [1.29, 1.82) is 0 Å². The zero-order valence-corrected chi connectivity index (χ0v) is 17.6. The van der Waals surface area contributed by atoms with Crippen LogP contribution in [0.25, 0.3) is 5.69 Å². The second kappa shape index (κ2) is 7.61. The summed E-state index contributed by atoms with van der Waals surface area (Å²) in [5, 5.41) is 10.1. The van der Waals surface area contributed by atoms with Gasteiger partial charge in [-0.25, -0.2) is 4.68 Å². The van der Waals surface area contributed by atoms with Crippen molar-refractivity contribution in [3.8, 4) is 5.69 Å². The lowest BCUT2D eigenvalue weighted by Gasteiger charge is -2.23. The minimum Gasteiger partial charge on any atom is -0.350 e. The first-order chi connectivity index (χ1) is 12.0. The number of amides is 2. The van der Waals surface area contributed by atoms with Crippen LogP contribution >= 0.6 is 15.9 Å². The summed E-state index contributed by atoms with van der Waals surface area (Å²) in [5.74, 6) is -0.527. The third kappa shape index (κ3) is 4.72. The van der Waals surface area contributed by atoms with E-state index >= 15 is 0 Å². The molecule has 0 aliphatic carbocycles. The Bertz CT molecular complexity index is 819. The summed E-state index contributed by atoms with van der Waals surface area (Å²) in [5.41, 5.74) is 2.35. The Balaban J connectivity index is 2.22. The molecule has 2 amide bonds. The first-order valence-electron chi connectivity index (χ1n) is 8.44. The molecule has 2 rings (SSSR count). The zero-order chi connectivity index (χ0) is 19.6. The summed E-state index contributed by atoms with van der Waals surface area (Å²) in [6.07, 6.45) is 0. The normalized spacial score (nSPS) is 12.6. The standard InChI is InChI=1S/C19H25BrN4O2/c1-11-16(18(26)21-12(2)17(25)22-19(4,5)6)13(3)24(23-11)15-9-7-14(20)8-10-15/h7-10,12H,1-6H3,(H,21,26)(H,22,25). The van der Waals surface area contributed by atoms with E-state index in [0.29, 0.717) is 11.3 Å². The molecule has 1 atom stereocenters. The number of nitrogens with one attached hydrogen (secondary N) is 2. The molecule has 0 spiro atoms. The van der Waals surface area contributed by atoms with Gasteiger partial charge in [-0.05, 0) is 65.8 Å². The SMILES string of the molecule is Cc1nn(-c2ccc(Br)cc2)c(C)c1C(=O)NC(C)C(=O)NC(C)(C)C. The van der Waals surface area contributed by atoms with E-state index in [1.165, 1.54) is 0 Å². The molecule has 140 valence electrons. The number of halogens is 1. The van der Waals surface area contributed by atoms with Crippen molar-refractivity contribution in [1.82, 2.24) is 20.4 Å². The average Bonchev–Trinajstić information content (AvgIpc) is 2.81. The number of aryl methyl sites for hydroxylation is 1. The molecule has 1 unspecified atom stereocenters. The monoisotopic (exact) mass is 420 g/mol. The van der Waals surface area contributed by atoms with Gasteiger partial charge >= 0.3 is 0 Å². The van der Waals surface area contributed by atoms with E-state index in [1.807, 2.05) is 52.0 Å². The van der Waals surface area contributed by atoms with Crippen LogP contribution in [0.4, 0.5) is 0 Å². The Morgan fingerprint density at radius 3 is 2.27 bits per heavy atom. The summed E-state index contributed by atoms with van der Waals surface area (Å²) in [7, 11) is 0. The Hall–Kier alpha value is -2.15. The van der Waals surface area contributed by atoms with Crippen LogP contribution in [0.2, 0.25) is 0 Å². The van der Waals surface area contributed by atoms with Crippen molar-refractivity contribution >= 4 is 27.7 Å². The minimum atomic E-state index is -0.642. The molecule has 0 fully saturated rings. The lowest BCUT2D eigenvalue weighted by Crippen LogP contribution is -2.50. The molecule has 0 aliphatic rings. The highest BCUT2D eigenvalue weighted by atomic mass is 79.9. The Labute approximate surface area is 162 Å². The van der Waals surface area contributed by atoms with Gasteiger partial charge in [0.1, 0.15) is 6.04 Å². The fraction of sp³-hybridized carbons (Fsp3) is 0.421. The predicted molar refractivity (Wildman–Crippen MR) is 106 cm³/mol. The van der Waals surface area contributed by atoms with Gasteiger partial charge < -0.3 is 10.6 Å². The molecular formula is C19H25BrN4O2. The number of benzene rings is 1. The summed E-state index contributed by atoms with van der Waals surface area (Å²) in [4.78, 5) is 24.9. The van der Waals surface area contributed by atoms with Gasteiger partial charge in [0.2, 0.25) is 5.91 Å². The first kappa shape index (κ1) is 20.2. The van der Waals surface area contributed by atoms with E-state index in [2.05, 4.69) is 31.7 Å². The fourth-order valence-electron chi connectivity index (χ4n) is 2.62. The number of hydrogen-bond acceptors (Lipinski definition) is 3. The molecule has 1 heterocycles. The quantitative estimate of drug-likeness (QED) is 0.796. The summed E-state index contributed by atoms with van der Waals surface area (Å²) >= 11 is 3.41. The molecule has 0 bridgehead atoms. The van der Waals surface area contributed by atoms with Crippen molar-refractivity contribution in [3.63, 3.8) is 0 Å². The van der Waals surface area contributed by atoms with Gasteiger partial charge in [0.25, 0.3) is 5.91 Å². The summed E-state index contributed by atoms with van der Waals surface area (Å²) in [6, 6.07) is 7.04. The number of rotatable bonds is 4. The second-order valence-electron chi connectivity index (χ2n) is 7.37. The number of nitrogens with zero attached hydrogens (tertiary/aromatic N) is 2. The van der Waals surface area contributed by atoms with Gasteiger partial charge in [-0.3, -0.25) is 9.59 Å². The maximum Gasteiger partial charge on any atom is 0.255 e. The molecular weight excluding hydrogens is 396 g/mol. The smallest absolute Gasteiger partial charge is 0.255 e. The number of hydrogen-bond donors (Lipinski definition) is 2. The van der Waals surface area contributed by atoms with Crippen LogP contribution in [0, 0.1) is 13.8 Å². The van der Waals surface area contributed by atoms with Crippen LogP contribution < -0.4 is 10.6 Å². The average molecular weight is 421 g/mol. The number of carbonyl (C=O) groups is 2. The van der Waals surface area contributed by atoms with E-state index in [0.717, 1.165) is 15.9 Å². The van der Waals surface area contributed by atoms with Crippen LogP contribution in [0.1, 0.15) is 49.4 Å². The highest BCUT2D eigenvalue weighted by Gasteiger charge is 2.24. The third-order valence-electron chi connectivity index (χ3n) is 3.83. The molecule has 6 nitrogen and oxygen atoms in total. The molecule has 0 aliphatic heterocycles. The topological polar surface area (TPSA) is 76.0 Å². The first-order valence-corrected chi connectivity index (χ1v) is 9.24. The maximum absolute atomic E-state index is 12.7. The highest BCUT2D eigenvalue weighted by Crippen LogP contribution is 2.20. The Morgan fingerprint density at radius 1 is 1.15 bits per heavy atom. The molecule has 0 saturated carbocycles. The summed E-state index contributed by atoms with van der Waals surface area (Å²) < 4.78 is 2.70. The fourth-order valence-corrected chi connectivity index (χ4v) is 2.88. The summed E-state index contributed by atoms with van der Waals surface area (Å²) in [6.45, 7) is 11.0. The molecule has 0 saturated heterocycles. The van der Waals surface area contributed by atoms with E-state index in [1.54, 1.807) is 18.5 Å². The van der Waals surface area contributed by atoms with Crippen LogP contribution in [-0.4, -0.2) is 33.2 Å². The van der Waals surface area contributed by atoms with Gasteiger partial charge in [-0.2, -0.15) is 5.10 Å². The Kier molecular flexibility index (Phi) is 5.91. The largest absolute Gasteiger partial charge is 0.350 e. The molecule has 2 aromatic rings. The van der Waals surface area contributed by atoms with Crippen LogP contribution in [-0.2, 0) is 4.79 Å². The minimum absolute atomic E-state index is 0.221. The van der Waals surface area contributed by atoms with Crippen molar-refractivity contribution in [2.45, 2.75) is 53.1 Å². The second-order valence-corrected chi connectivity index (χ2v) is 8.28. The molecule has 1 aromatic carbocycles. The van der Waals surface area contributed by atoms with E-state index in [4.69, 9.17) is 0 Å². The van der Waals surface area contributed by atoms with Gasteiger partial charge in [0.15, 0.2) is 0 Å². The predicted octanol–water partition coefficient (Wildman–Crippen LogP) is 3.28. The van der Waals surface area contributed by atoms with Crippen molar-refractivity contribution in [3.05, 3.63) is 45.7 Å². The number of aromatic nitrogens is 2. The lowest BCUT2D eigenvalue weighted by molar-refractivity contribution is -0.124. The zero-order valence-electron chi connectivity index (χ0n) is 16.0. The van der Waals surface area contributed by atoms with Gasteiger partial charge in [-0.1, -0.05) is 15.9 Å². The number of carbonyl (C=O) groups excluding carboxylic acids is 2. The highest BCUT2D eigenvalue weighted by molar-refractivity contribution is 9.10. The molecule has 0 radical (unpaired) electrons. The van der Waals surface area contributed by atoms with Crippen molar-refractivity contribution in [2.75, 3.05) is 0 Å². The van der Waals surface area contributed by atoms with Crippen LogP contribution in [0.3, 0.4) is 0 Å². The molecule has 1 aromatic heterocycles. The van der Waals surface area contributed by atoms with Crippen LogP contribution in [0.5, 0.6) is 0 Å². The lowest BCUT2D eigenvalue weighted by atomic mass is 10.1. The molecule has 26 heavy (non-hydrogen) atoms. The third-order valence-corrected chi connectivity index (χ3v) is 4.36. The van der Waals surface area contributed by atoms with Gasteiger partial charge in [-0.15, -0.1) is 0 Å². The van der Waals surface area contributed by atoms with Crippen molar-refractivity contribution < 1.29 is 9.59 Å². The molecule has 7 heteroatoms. The van der Waals surface area contributed by atoms with Crippen LogP contribution in [0.15, 0.2) is 28.7 Å². The van der Waals surface area contributed by atoms with E-state index < -0.39 is 6.04 Å². The Morgan fingerprint density at radius 2 is 1.73 bits per heavy atom. The van der Waals surface area contributed by atoms with Gasteiger partial charge in [0.05, 0.1) is 22.6 Å². The van der Waals surface area contributed by atoms with Crippen molar-refractivity contribution in [2.24, 2.45) is 0 Å². The van der Waals surface area contributed by atoms with E-state index in [-0.39, 0.29) is 17.4 Å². The van der Waals surface area contributed by atoms with E-state index in [9.17, 15) is 9.59 Å².